The summed E-state index contributed by atoms with van der Waals surface area (Å²) >= 11 is 0. The minimum absolute atomic E-state index is 0.0778. The Labute approximate surface area is 92.9 Å². The van der Waals surface area contributed by atoms with E-state index in [9.17, 15) is 13.6 Å². The van der Waals surface area contributed by atoms with Gasteiger partial charge in [0.15, 0.2) is 0 Å². The Bertz CT molecular complexity index is 402. The molecule has 0 aliphatic heterocycles. The van der Waals surface area contributed by atoms with Crippen molar-refractivity contribution in [2.24, 2.45) is 5.92 Å². The van der Waals surface area contributed by atoms with E-state index in [0.29, 0.717) is 12.0 Å². The Kier molecular flexibility index (Phi) is 3.99. The van der Waals surface area contributed by atoms with E-state index < -0.39 is 23.5 Å². The second-order valence-corrected chi connectivity index (χ2v) is 3.83. The molecule has 1 N–H and O–H groups in total. The van der Waals surface area contributed by atoms with Crippen LogP contribution in [0.5, 0.6) is 0 Å². The molecule has 0 aliphatic carbocycles. The SMILES string of the molecule is CCc1cc(CC(C)C(=O)O)c(F)cc1F. The molecular formula is C12H14F2O2. The van der Waals surface area contributed by atoms with E-state index in [4.69, 9.17) is 5.11 Å². The molecule has 0 aliphatic rings. The highest BCUT2D eigenvalue weighted by molar-refractivity contribution is 5.69. The van der Waals surface area contributed by atoms with Crippen LogP contribution in [0.3, 0.4) is 0 Å². The molecule has 0 saturated carbocycles. The highest BCUT2D eigenvalue weighted by Crippen LogP contribution is 2.18. The number of halogens is 2. The Morgan fingerprint density at radius 1 is 1.31 bits per heavy atom. The van der Waals surface area contributed by atoms with Gasteiger partial charge in [0, 0.05) is 6.07 Å². The number of aryl methyl sites for hydroxylation is 1. The normalized spacial score (nSPS) is 12.5. The van der Waals surface area contributed by atoms with Gasteiger partial charge >= 0.3 is 5.97 Å². The molecule has 1 atom stereocenters. The van der Waals surface area contributed by atoms with Crippen LogP contribution in [0.15, 0.2) is 12.1 Å². The van der Waals surface area contributed by atoms with Gasteiger partial charge < -0.3 is 5.11 Å². The predicted octanol–water partition coefficient (Wildman–Crippen LogP) is 2.79. The molecule has 0 saturated heterocycles. The van der Waals surface area contributed by atoms with Crippen molar-refractivity contribution < 1.29 is 18.7 Å². The summed E-state index contributed by atoms with van der Waals surface area (Å²) in [5, 5.41) is 8.72. The van der Waals surface area contributed by atoms with Crippen LogP contribution in [0.4, 0.5) is 8.78 Å². The lowest BCUT2D eigenvalue weighted by Crippen LogP contribution is -2.13. The molecule has 16 heavy (non-hydrogen) atoms. The maximum Gasteiger partial charge on any atom is 0.306 e. The van der Waals surface area contributed by atoms with Crippen LogP contribution in [-0.2, 0) is 17.6 Å². The van der Waals surface area contributed by atoms with Crippen LogP contribution in [0.25, 0.3) is 0 Å². The van der Waals surface area contributed by atoms with Crippen molar-refractivity contribution in [3.05, 3.63) is 34.9 Å². The fourth-order valence-corrected chi connectivity index (χ4v) is 1.49. The van der Waals surface area contributed by atoms with Gasteiger partial charge in [-0.3, -0.25) is 4.79 Å². The minimum atomic E-state index is -0.984. The van der Waals surface area contributed by atoms with Crippen LogP contribution in [-0.4, -0.2) is 11.1 Å². The van der Waals surface area contributed by atoms with Gasteiger partial charge in [0.1, 0.15) is 11.6 Å². The monoisotopic (exact) mass is 228 g/mol. The molecular weight excluding hydrogens is 214 g/mol. The molecule has 88 valence electrons. The summed E-state index contributed by atoms with van der Waals surface area (Å²) in [5.41, 5.74) is 0.669. The summed E-state index contributed by atoms with van der Waals surface area (Å²) in [5.74, 6) is -2.92. The van der Waals surface area contributed by atoms with Crippen molar-refractivity contribution in [1.82, 2.24) is 0 Å². The van der Waals surface area contributed by atoms with E-state index in [1.165, 1.54) is 13.0 Å². The number of carboxylic acids is 1. The third kappa shape index (κ3) is 2.78. The van der Waals surface area contributed by atoms with Gasteiger partial charge in [-0.1, -0.05) is 13.8 Å². The summed E-state index contributed by atoms with van der Waals surface area (Å²) in [4.78, 5) is 10.6. The molecule has 1 aromatic rings. The molecule has 0 heterocycles. The Hall–Kier alpha value is -1.45. The second-order valence-electron chi connectivity index (χ2n) is 3.83. The lowest BCUT2D eigenvalue weighted by Gasteiger charge is -2.09. The van der Waals surface area contributed by atoms with Crippen LogP contribution in [0.1, 0.15) is 25.0 Å². The maximum atomic E-state index is 13.4. The lowest BCUT2D eigenvalue weighted by molar-refractivity contribution is -0.141. The number of aliphatic carboxylic acids is 1. The quantitative estimate of drug-likeness (QED) is 0.860. The van der Waals surface area contributed by atoms with Gasteiger partial charge in [-0.05, 0) is 30.0 Å². The summed E-state index contributed by atoms with van der Waals surface area (Å²) in [7, 11) is 0. The first-order valence-corrected chi connectivity index (χ1v) is 5.15. The van der Waals surface area contributed by atoms with E-state index in [2.05, 4.69) is 0 Å². The van der Waals surface area contributed by atoms with Crippen molar-refractivity contribution in [2.45, 2.75) is 26.7 Å². The summed E-state index contributed by atoms with van der Waals surface area (Å²) < 4.78 is 26.5. The first kappa shape index (κ1) is 12.6. The van der Waals surface area contributed by atoms with Crippen molar-refractivity contribution in [3.8, 4) is 0 Å². The molecule has 1 unspecified atom stereocenters. The summed E-state index contributed by atoms with van der Waals surface area (Å²) in [6.45, 7) is 3.26. The van der Waals surface area contributed by atoms with E-state index >= 15 is 0 Å². The molecule has 0 spiro atoms. The van der Waals surface area contributed by atoms with Gasteiger partial charge in [0.2, 0.25) is 0 Å². The highest BCUT2D eigenvalue weighted by Gasteiger charge is 2.16. The van der Waals surface area contributed by atoms with Crippen molar-refractivity contribution in [2.75, 3.05) is 0 Å². The van der Waals surface area contributed by atoms with Gasteiger partial charge in [0.25, 0.3) is 0 Å². The minimum Gasteiger partial charge on any atom is -0.481 e. The van der Waals surface area contributed by atoms with E-state index in [1.54, 1.807) is 6.92 Å². The fourth-order valence-electron chi connectivity index (χ4n) is 1.49. The molecule has 2 nitrogen and oxygen atoms in total. The summed E-state index contributed by atoms with van der Waals surface area (Å²) in [6.07, 6.45) is 0.537. The van der Waals surface area contributed by atoms with E-state index in [0.717, 1.165) is 6.07 Å². The maximum absolute atomic E-state index is 13.4. The smallest absolute Gasteiger partial charge is 0.306 e. The van der Waals surface area contributed by atoms with Gasteiger partial charge in [-0.25, -0.2) is 8.78 Å². The number of rotatable bonds is 4. The second kappa shape index (κ2) is 5.05. The Morgan fingerprint density at radius 2 is 1.88 bits per heavy atom. The predicted molar refractivity (Wildman–Crippen MR) is 56.2 cm³/mol. The molecule has 4 heteroatoms. The zero-order valence-corrected chi connectivity index (χ0v) is 9.26. The molecule has 1 aromatic carbocycles. The number of carbonyl (C=O) groups is 1. The Balaban J connectivity index is 3.00. The van der Waals surface area contributed by atoms with Gasteiger partial charge in [0.05, 0.1) is 5.92 Å². The fraction of sp³-hybridized carbons (Fsp3) is 0.417. The van der Waals surface area contributed by atoms with Crippen LogP contribution < -0.4 is 0 Å². The molecule has 0 amide bonds. The average Bonchev–Trinajstić information content (AvgIpc) is 2.21. The number of hydrogen-bond acceptors (Lipinski definition) is 1. The van der Waals surface area contributed by atoms with Crippen LogP contribution >= 0.6 is 0 Å². The van der Waals surface area contributed by atoms with Crippen LogP contribution in [0.2, 0.25) is 0 Å². The van der Waals surface area contributed by atoms with Gasteiger partial charge in [-0.15, -0.1) is 0 Å². The van der Waals surface area contributed by atoms with E-state index in [-0.39, 0.29) is 12.0 Å². The van der Waals surface area contributed by atoms with Crippen molar-refractivity contribution in [1.29, 1.82) is 0 Å². The first-order valence-electron chi connectivity index (χ1n) is 5.15. The third-order valence-corrected chi connectivity index (χ3v) is 2.54. The largest absolute Gasteiger partial charge is 0.481 e. The Morgan fingerprint density at radius 3 is 2.38 bits per heavy atom. The third-order valence-electron chi connectivity index (χ3n) is 2.54. The molecule has 1 rings (SSSR count). The summed E-state index contributed by atoms with van der Waals surface area (Å²) in [6, 6.07) is 2.23. The van der Waals surface area contributed by atoms with Crippen molar-refractivity contribution >= 4 is 5.97 Å². The molecule has 0 radical (unpaired) electrons. The molecule has 0 aromatic heterocycles. The standard InChI is InChI=1S/C12H14F2O2/c1-3-8-5-9(4-7(2)12(15)16)11(14)6-10(8)13/h5-7H,3-4H2,1-2H3,(H,15,16). The lowest BCUT2D eigenvalue weighted by atomic mass is 9.98. The zero-order chi connectivity index (χ0) is 12.3. The number of benzene rings is 1. The van der Waals surface area contributed by atoms with Crippen molar-refractivity contribution in [3.63, 3.8) is 0 Å². The highest BCUT2D eigenvalue weighted by atomic mass is 19.1. The van der Waals surface area contributed by atoms with E-state index in [1.807, 2.05) is 0 Å². The van der Waals surface area contributed by atoms with Crippen LogP contribution in [0, 0.1) is 17.6 Å². The molecule has 0 bridgehead atoms. The topological polar surface area (TPSA) is 37.3 Å². The zero-order valence-electron chi connectivity index (χ0n) is 9.26. The number of hydrogen-bond donors (Lipinski definition) is 1. The molecule has 0 fully saturated rings. The average molecular weight is 228 g/mol. The van der Waals surface area contributed by atoms with Gasteiger partial charge in [-0.2, -0.15) is 0 Å². The number of carboxylic acid groups (broad SMARTS) is 1. The first-order chi connectivity index (χ1) is 7.45.